The number of rotatable bonds is 5. The molecule has 1 heterocycles. The molecule has 0 aliphatic rings. The molecule has 4 rings (SSSR count). The summed E-state index contributed by atoms with van der Waals surface area (Å²) in [6, 6.07) is 23.5. The van der Waals surface area contributed by atoms with E-state index in [1.807, 2.05) is 86.8 Å². The molecule has 0 atom stereocenters. The van der Waals surface area contributed by atoms with Gasteiger partial charge in [0.05, 0.1) is 0 Å². The van der Waals surface area contributed by atoms with Crippen LogP contribution in [0.1, 0.15) is 22.3 Å². The number of hydrogen-bond donors (Lipinski definition) is 1. The molecule has 32 heavy (non-hydrogen) atoms. The lowest BCUT2D eigenvalue weighted by Gasteiger charge is -2.08. The molecule has 4 aromatic rings. The summed E-state index contributed by atoms with van der Waals surface area (Å²) in [4.78, 5) is 12.8. The highest BCUT2D eigenvalue weighted by atomic mass is 35.5. The van der Waals surface area contributed by atoms with Crippen molar-refractivity contribution in [2.24, 2.45) is 0 Å². The largest absolute Gasteiger partial charge is 0.342 e. The normalized spacial score (nSPS) is 11.4. The van der Waals surface area contributed by atoms with Gasteiger partial charge in [-0.1, -0.05) is 59.6 Å². The number of fused-ring (bicyclic) bond motifs is 1. The Balaban J connectivity index is 1.67. The molecule has 158 valence electrons. The van der Waals surface area contributed by atoms with E-state index >= 15 is 0 Å². The van der Waals surface area contributed by atoms with Gasteiger partial charge >= 0.3 is 0 Å². The Hall–Kier alpha value is -3.81. The molecule has 1 N–H and O–H groups in total. The van der Waals surface area contributed by atoms with Gasteiger partial charge in [0.1, 0.15) is 11.6 Å². The summed E-state index contributed by atoms with van der Waals surface area (Å²) in [6.07, 6.45) is 3.63. The lowest BCUT2D eigenvalue weighted by atomic mass is 10.1. The predicted molar refractivity (Wildman–Crippen MR) is 131 cm³/mol. The molecular weight excluding hydrogens is 418 g/mol. The van der Waals surface area contributed by atoms with Gasteiger partial charge in [0, 0.05) is 39.9 Å². The molecule has 0 saturated heterocycles. The van der Waals surface area contributed by atoms with Crippen LogP contribution in [0.3, 0.4) is 0 Å². The van der Waals surface area contributed by atoms with Gasteiger partial charge in [0.25, 0.3) is 5.91 Å². The molecule has 0 saturated carbocycles. The number of hydrogen-bond acceptors (Lipinski definition) is 2. The first-order chi connectivity index (χ1) is 15.4. The molecule has 0 fully saturated rings. The standard InChI is InChI=1S/C27H22ClN3O/c1-18-7-12-25(19(2)13-18)30-27(32)21(15-29)14-22-17-31(26-6-4-3-5-24(22)26)16-20-8-10-23(28)11-9-20/h3-14,17H,16H2,1-2H3,(H,30,32)/b21-14+. The van der Waals surface area contributed by atoms with Crippen molar-refractivity contribution in [2.75, 3.05) is 5.32 Å². The number of carbonyl (C=O) groups excluding carboxylic acids is 1. The van der Waals surface area contributed by atoms with Gasteiger partial charge in [-0.05, 0) is 55.3 Å². The summed E-state index contributed by atoms with van der Waals surface area (Å²) in [5.41, 5.74) is 5.79. The average molecular weight is 440 g/mol. The van der Waals surface area contributed by atoms with Gasteiger partial charge in [0.15, 0.2) is 0 Å². The second-order valence-corrected chi connectivity index (χ2v) is 8.23. The Morgan fingerprint density at radius 2 is 1.84 bits per heavy atom. The van der Waals surface area contributed by atoms with Gasteiger partial charge in [0.2, 0.25) is 0 Å². The van der Waals surface area contributed by atoms with Crippen LogP contribution in [0.25, 0.3) is 17.0 Å². The van der Waals surface area contributed by atoms with E-state index in [2.05, 4.69) is 16.0 Å². The second-order valence-electron chi connectivity index (χ2n) is 7.80. The lowest BCUT2D eigenvalue weighted by Crippen LogP contribution is -2.14. The first-order valence-corrected chi connectivity index (χ1v) is 10.6. The number of nitrogens with zero attached hydrogens (tertiary/aromatic N) is 2. The van der Waals surface area contributed by atoms with Crippen LogP contribution in [0, 0.1) is 25.2 Å². The van der Waals surface area contributed by atoms with Crippen molar-refractivity contribution in [2.45, 2.75) is 20.4 Å². The third-order valence-electron chi connectivity index (χ3n) is 5.38. The van der Waals surface area contributed by atoms with Crippen LogP contribution in [0.2, 0.25) is 5.02 Å². The Kier molecular flexibility index (Phi) is 6.11. The monoisotopic (exact) mass is 439 g/mol. The maximum Gasteiger partial charge on any atom is 0.266 e. The molecule has 0 spiro atoms. The fourth-order valence-corrected chi connectivity index (χ4v) is 3.88. The maximum atomic E-state index is 12.8. The third-order valence-corrected chi connectivity index (χ3v) is 5.63. The highest BCUT2D eigenvalue weighted by Gasteiger charge is 2.14. The van der Waals surface area contributed by atoms with Crippen LogP contribution < -0.4 is 5.32 Å². The van der Waals surface area contributed by atoms with Crippen molar-refractivity contribution in [3.05, 3.63) is 106 Å². The van der Waals surface area contributed by atoms with Crippen LogP contribution in [0.5, 0.6) is 0 Å². The third kappa shape index (κ3) is 4.59. The number of aryl methyl sites for hydroxylation is 2. The summed E-state index contributed by atoms with van der Waals surface area (Å²) in [5, 5.41) is 14.2. The first kappa shape index (κ1) is 21.4. The van der Waals surface area contributed by atoms with Crippen molar-refractivity contribution < 1.29 is 4.79 Å². The van der Waals surface area contributed by atoms with Crippen LogP contribution in [0.15, 0.2) is 78.5 Å². The molecular formula is C27H22ClN3O. The molecule has 3 aromatic carbocycles. The van der Waals surface area contributed by atoms with E-state index in [4.69, 9.17) is 11.6 Å². The van der Waals surface area contributed by atoms with Gasteiger partial charge in [-0.25, -0.2) is 0 Å². The zero-order valence-electron chi connectivity index (χ0n) is 17.9. The van der Waals surface area contributed by atoms with Gasteiger partial charge in [-0.2, -0.15) is 5.26 Å². The smallest absolute Gasteiger partial charge is 0.266 e. The van der Waals surface area contributed by atoms with E-state index in [-0.39, 0.29) is 5.57 Å². The second kappa shape index (κ2) is 9.13. The zero-order chi connectivity index (χ0) is 22.7. The summed E-state index contributed by atoms with van der Waals surface area (Å²) < 4.78 is 2.11. The number of benzene rings is 3. The summed E-state index contributed by atoms with van der Waals surface area (Å²) in [6.45, 7) is 4.59. The van der Waals surface area contributed by atoms with Crippen molar-refractivity contribution in [3.8, 4) is 6.07 Å². The number of nitrogens with one attached hydrogen (secondary N) is 1. The number of amides is 1. The Labute approximate surface area is 192 Å². The molecule has 1 amide bonds. The molecule has 0 aliphatic carbocycles. The quantitative estimate of drug-likeness (QED) is 0.285. The van der Waals surface area contributed by atoms with Crippen molar-refractivity contribution >= 4 is 40.2 Å². The van der Waals surface area contributed by atoms with Crippen LogP contribution >= 0.6 is 11.6 Å². The summed E-state index contributed by atoms with van der Waals surface area (Å²) >= 11 is 6.01. The van der Waals surface area contributed by atoms with E-state index in [0.29, 0.717) is 17.3 Å². The number of carbonyl (C=O) groups is 1. The van der Waals surface area contributed by atoms with Gasteiger partial charge < -0.3 is 9.88 Å². The summed E-state index contributed by atoms with van der Waals surface area (Å²) in [7, 11) is 0. The first-order valence-electron chi connectivity index (χ1n) is 10.3. The van der Waals surface area contributed by atoms with Crippen LogP contribution in [-0.2, 0) is 11.3 Å². The fourth-order valence-electron chi connectivity index (χ4n) is 3.76. The average Bonchev–Trinajstić information content (AvgIpc) is 3.12. The topological polar surface area (TPSA) is 57.8 Å². The molecule has 0 radical (unpaired) electrons. The van der Waals surface area contributed by atoms with Gasteiger partial charge in [-0.15, -0.1) is 0 Å². The van der Waals surface area contributed by atoms with E-state index in [9.17, 15) is 10.1 Å². The molecule has 0 aliphatic heterocycles. The van der Waals surface area contributed by atoms with E-state index in [1.165, 1.54) is 0 Å². The zero-order valence-corrected chi connectivity index (χ0v) is 18.6. The van der Waals surface area contributed by atoms with E-state index in [1.54, 1.807) is 6.08 Å². The SMILES string of the molecule is Cc1ccc(NC(=O)/C(C#N)=C/c2cn(Cc3ccc(Cl)cc3)c3ccccc23)c(C)c1. The minimum atomic E-state index is -0.422. The van der Waals surface area contributed by atoms with Crippen molar-refractivity contribution in [1.82, 2.24) is 4.57 Å². The fraction of sp³-hybridized carbons (Fsp3) is 0.111. The van der Waals surface area contributed by atoms with Crippen molar-refractivity contribution in [1.29, 1.82) is 5.26 Å². The number of para-hydroxylation sites is 1. The number of anilines is 1. The highest BCUT2D eigenvalue weighted by molar-refractivity contribution is 6.30. The number of nitriles is 1. The molecule has 1 aromatic heterocycles. The summed E-state index contributed by atoms with van der Waals surface area (Å²) in [5.74, 6) is -0.422. The van der Waals surface area contributed by atoms with Crippen LogP contribution in [0.4, 0.5) is 5.69 Å². The predicted octanol–water partition coefficient (Wildman–Crippen LogP) is 6.51. The van der Waals surface area contributed by atoms with E-state index < -0.39 is 5.91 Å². The number of halogens is 1. The Bertz CT molecular complexity index is 1370. The molecule has 0 bridgehead atoms. The number of aromatic nitrogens is 1. The van der Waals surface area contributed by atoms with E-state index in [0.717, 1.165) is 33.2 Å². The minimum absolute atomic E-state index is 0.0550. The van der Waals surface area contributed by atoms with Gasteiger partial charge in [-0.3, -0.25) is 4.79 Å². The molecule has 0 unspecified atom stereocenters. The Morgan fingerprint density at radius 3 is 2.56 bits per heavy atom. The molecule has 4 nitrogen and oxygen atoms in total. The maximum absolute atomic E-state index is 12.8. The van der Waals surface area contributed by atoms with Crippen molar-refractivity contribution in [3.63, 3.8) is 0 Å². The minimum Gasteiger partial charge on any atom is -0.342 e. The Morgan fingerprint density at radius 1 is 1.09 bits per heavy atom. The highest BCUT2D eigenvalue weighted by Crippen LogP contribution is 2.25. The lowest BCUT2D eigenvalue weighted by molar-refractivity contribution is -0.112. The van der Waals surface area contributed by atoms with Crippen LogP contribution in [-0.4, -0.2) is 10.5 Å². The molecule has 5 heteroatoms.